The van der Waals surface area contributed by atoms with Crippen molar-refractivity contribution in [1.82, 2.24) is 4.68 Å². The molecular formula is C23H19N2O2S+. The topological polar surface area (TPSA) is 37.1 Å². The Hall–Kier alpha value is -3.44. The zero-order valence-corrected chi connectivity index (χ0v) is 16.2. The summed E-state index contributed by atoms with van der Waals surface area (Å²) in [5, 5.41) is 0. The first-order valence-electron chi connectivity index (χ1n) is 8.87. The fraction of sp³-hybridized carbons (Fsp3) is 0.0435. The third-order valence-electron chi connectivity index (χ3n) is 4.28. The second-order valence-corrected chi connectivity index (χ2v) is 7.13. The SMILES string of the molecule is COc1ccccc1C=c1s[n+](=Cc2ccccc2)n(-c2ccccc2)c1=O. The van der Waals surface area contributed by atoms with Crippen LogP contribution in [-0.4, -0.2) is 11.8 Å². The van der Waals surface area contributed by atoms with Gasteiger partial charge in [-0.3, -0.25) is 4.79 Å². The van der Waals surface area contributed by atoms with Gasteiger partial charge < -0.3 is 4.74 Å². The quantitative estimate of drug-likeness (QED) is 0.505. The van der Waals surface area contributed by atoms with E-state index in [1.165, 1.54) is 11.5 Å². The zero-order valence-electron chi connectivity index (χ0n) is 15.4. The Morgan fingerprint density at radius 1 is 0.893 bits per heavy atom. The number of aromatic nitrogens is 2. The molecule has 0 aliphatic carbocycles. The first-order valence-corrected chi connectivity index (χ1v) is 9.65. The fourth-order valence-electron chi connectivity index (χ4n) is 2.94. The summed E-state index contributed by atoms with van der Waals surface area (Å²) in [7, 11) is 1.63. The molecule has 0 unspecified atom stereocenters. The van der Waals surface area contributed by atoms with E-state index < -0.39 is 0 Å². The molecule has 4 aromatic rings. The van der Waals surface area contributed by atoms with Gasteiger partial charge in [0, 0.05) is 11.1 Å². The lowest BCUT2D eigenvalue weighted by atomic mass is 10.2. The van der Waals surface area contributed by atoms with Crippen molar-refractivity contribution in [2.45, 2.75) is 0 Å². The van der Waals surface area contributed by atoms with E-state index in [0.717, 1.165) is 22.6 Å². The van der Waals surface area contributed by atoms with Crippen molar-refractivity contribution in [3.8, 4) is 11.4 Å². The second kappa shape index (κ2) is 8.06. The molecule has 5 heteroatoms. The van der Waals surface area contributed by atoms with Gasteiger partial charge in [0.25, 0.3) is 0 Å². The van der Waals surface area contributed by atoms with Crippen molar-refractivity contribution in [2.75, 3.05) is 7.11 Å². The molecule has 4 rings (SSSR count). The normalized spacial score (nSPS) is 12.3. The minimum atomic E-state index is -0.0747. The van der Waals surface area contributed by atoms with Crippen LogP contribution in [0.15, 0.2) is 89.7 Å². The molecule has 3 aromatic carbocycles. The number of methoxy groups -OCH3 is 1. The Kier molecular flexibility index (Phi) is 5.17. The van der Waals surface area contributed by atoms with Gasteiger partial charge in [-0.25, -0.2) is 0 Å². The van der Waals surface area contributed by atoms with Crippen LogP contribution < -0.4 is 18.6 Å². The first kappa shape index (κ1) is 17.9. The van der Waals surface area contributed by atoms with Crippen molar-refractivity contribution in [3.63, 3.8) is 0 Å². The number of rotatable bonds is 4. The van der Waals surface area contributed by atoms with Crippen molar-refractivity contribution in [1.29, 1.82) is 0 Å². The number of para-hydroxylation sites is 2. The Bertz CT molecular complexity index is 1260. The molecule has 0 saturated carbocycles. The second-order valence-electron chi connectivity index (χ2n) is 6.14. The van der Waals surface area contributed by atoms with Crippen LogP contribution in [0.25, 0.3) is 11.8 Å². The molecule has 0 bridgehead atoms. The molecular weight excluding hydrogens is 368 g/mol. The maximum atomic E-state index is 13.2. The van der Waals surface area contributed by atoms with Gasteiger partial charge in [-0.1, -0.05) is 59.3 Å². The third kappa shape index (κ3) is 3.66. The van der Waals surface area contributed by atoms with E-state index in [4.69, 9.17) is 4.74 Å². The number of benzene rings is 3. The summed E-state index contributed by atoms with van der Waals surface area (Å²) in [5.41, 5.74) is 2.63. The summed E-state index contributed by atoms with van der Waals surface area (Å²) < 4.78 is 9.60. The molecule has 0 spiro atoms. The molecule has 0 N–H and O–H groups in total. The Labute approximate surface area is 166 Å². The van der Waals surface area contributed by atoms with Crippen LogP contribution in [0, 0.1) is 6.21 Å². The average molecular weight is 387 g/mol. The lowest BCUT2D eigenvalue weighted by molar-refractivity contribution is -0.526. The number of hydrogen-bond donors (Lipinski definition) is 0. The van der Waals surface area contributed by atoms with Crippen molar-refractivity contribution >= 4 is 17.6 Å². The molecule has 0 amide bonds. The third-order valence-corrected chi connectivity index (χ3v) is 5.22. The largest absolute Gasteiger partial charge is 0.496 e. The van der Waals surface area contributed by atoms with Crippen molar-refractivity contribution < 1.29 is 8.48 Å². The van der Waals surface area contributed by atoms with Gasteiger partial charge in [0.15, 0.2) is 16.1 Å². The van der Waals surface area contributed by atoms with Gasteiger partial charge >= 0.3 is 5.56 Å². The number of hydrogen-bond acceptors (Lipinski definition) is 3. The first-order chi connectivity index (χ1) is 13.8. The molecule has 0 fully saturated rings. The molecule has 28 heavy (non-hydrogen) atoms. The lowest BCUT2D eigenvalue weighted by Gasteiger charge is -2.01. The van der Waals surface area contributed by atoms with Crippen LogP contribution >= 0.6 is 11.5 Å². The lowest BCUT2D eigenvalue weighted by Crippen LogP contribution is -2.35. The highest BCUT2D eigenvalue weighted by Crippen LogP contribution is 2.17. The Balaban J connectivity index is 1.99. The molecule has 138 valence electrons. The van der Waals surface area contributed by atoms with Gasteiger partial charge in [0.2, 0.25) is 6.21 Å². The highest BCUT2D eigenvalue weighted by molar-refractivity contribution is 6.99. The highest BCUT2D eigenvalue weighted by Gasteiger charge is 2.15. The molecule has 1 aromatic heterocycles. The van der Waals surface area contributed by atoms with E-state index in [1.807, 2.05) is 101 Å². The van der Waals surface area contributed by atoms with Gasteiger partial charge in [-0.2, -0.15) is 0 Å². The van der Waals surface area contributed by atoms with Crippen molar-refractivity contribution in [3.05, 3.63) is 117 Å². The maximum Gasteiger partial charge on any atom is 0.331 e. The molecule has 0 saturated heterocycles. The minimum absolute atomic E-state index is 0.0747. The molecule has 4 nitrogen and oxygen atoms in total. The van der Waals surface area contributed by atoms with Crippen LogP contribution in [0.1, 0.15) is 11.1 Å². The van der Waals surface area contributed by atoms with Gasteiger partial charge in [-0.05, 0) is 40.2 Å². The summed E-state index contributed by atoms with van der Waals surface area (Å²) in [6.45, 7) is 0. The predicted octanol–water partition coefficient (Wildman–Crippen LogP) is 3.08. The summed E-state index contributed by atoms with van der Waals surface area (Å²) in [6.07, 6.45) is 3.83. The van der Waals surface area contributed by atoms with E-state index >= 15 is 0 Å². The number of ether oxygens (including phenoxy) is 1. The van der Waals surface area contributed by atoms with Gasteiger partial charge in [0.05, 0.1) is 7.11 Å². The summed E-state index contributed by atoms with van der Waals surface area (Å²) >= 11 is 1.39. The summed E-state index contributed by atoms with van der Waals surface area (Å²) in [6, 6.07) is 27.3. The van der Waals surface area contributed by atoms with E-state index in [9.17, 15) is 4.79 Å². The van der Waals surface area contributed by atoms with E-state index in [-0.39, 0.29) is 5.56 Å². The zero-order chi connectivity index (χ0) is 19.3. The minimum Gasteiger partial charge on any atom is -0.496 e. The standard InChI is InChI=1S/C23H19N2O2S/c1-27-21-15-9-8-12-19(21)16-22-23(26)25(20-13-6-3-7-14-20)24(28-22)17-18-10-4-2-5-11-18/h2-17H,1H3/q+1. The van der Waals surface area contributed by atoms with Gasteiger partial charge in [0.1, 0.15) is 11.4 Å². The number of nitrogens with zero attached hydrogens (tertiary/aromatic N) is 2. The smallest absolute Gasteiger partial charge is 0.331 e. The highest BCUT2D eigenvalue weighted by atomic mass is 32.1. The molecule has 1 heterocycles. The molecule has 0 aliphatic rings. The van der Waals surface area contributed by atoms with Crippen molar-refractivity contribution in [2.24, 2.45) is 0 Å². The van der Waals surface area contributed by atoms with Crippen LogP contribution in [0.4, 0.5) is 0 Å². The van der Waals surface area contributed by atoms with Crippen LogP contribution in [0.5, 0.6) is 5.75 Å². The van der Waals surface area contributed by atoms with E-state index in [0.29, 0.717) is 4.53 Å². The Morgan fingerprint density at radius 2 is 1.54 bits per heavy atom. The predicted molar refractivity (Wildman–Crippen MR) is 112 cm³/mol. The maximum absolute atomic E-state index is 13.2. The van der Waals surface area contributed by atoms with Crippen LogP contribution in [-0.2, 0) is 0 Å². The monoisotopic (exact) mass is 387 g/mol. The van der Waals surface area contributed by atoms with Crippen LogP contribution in [0.2, 0.25) is 0 Å². The fourth-order valence-corrected chi connectivity index (χ4v) is 3.91. The van der Waals surface area contributed by atoms with Gasteiger partial charge in [-0.15, -0.1) is 0 Å². The molecule has 0 aliphatic heterocycles. The average Bonchev–Trinajstić information content (AvgIpc) is 3.04. The summed E-state index contributed by atoms with van der Waals surface area (Å²) in [5.74, 6) is 0.736. The molecule has 0 atom stereocenters. The van der Waals surface area contributed by atoms with Crippen LogP contribution in [0.3, 0.4) is 0 Å². The Morgan fingerprint density at radius 3 is 2.25 bits per heavy atom. The van der Waals surface area contributed by atoms with E-state index in [1.54, 1.807) is 11.8 Å². The van der Waals surface area contributed by atoms with E-state index in [2.05, 4.69) is 0 Å². The molecule has 0 radical (unpaired) electrons. The summed E-state index contributed by atoms with van der Waals surface area (Å²) in [4.78, 5) is 13.2.